The van der Waals surface area contributed by atoms with E-state index >= 15 is 0 Å². The van der Waals surface area contributed by atoms with Gasteiger partial charge in [-0.3, -0.25) is 10.1 Å². The van der Waals surface area contributed by atoms with Crippen molar-refractivity contribution in [2.75, 3.05) is 33.5 Å². The highest BCUT2D eigenvalue weighted by atomic mass is 16.6. The predicted octanol–water partition coefficient (Wildman–Crippen LogP) is 3.65. The number of aliphatic hydroxyl groups is 1. The normalized spacial score (nSPS) is 15.2. The summed E-state index contributed by atoms with van der Waals surface area (Å²) in [6, 6.07) is 14.7. The molecule has 2 unspecified atom stereocenters. The van der Waals surface area contributed by atoms with Crippen LogP contribution in [-0.2, 0) is 19.1 Å². The summed E-state index contributed by atoms with van der Waals surface area (Å²) in [5, 5.41) is 37.0. The van der Waals surface area contributed by atoms with Gasteiger partial charge in [0, 0.05) is 30.4 Å². The van der Waals surface area contributed by atoms with E-state index in [2.05, 4.69) is 10.6 Å². The lowest BCUT2D eigenvalue weighted by atomic mass is 9.80. The molecule has 1 heterocycles. The van der Waals surface area contributed by atoms with Crippen LogP contribution < -0.4 is 20.1 Å². The van der Waals surface area contributed by atoms with Crippen molar-refractivity contribution >= 4 is 17.6 Å². The van der Waals surface area contributed by atoms with E-state index in [0.717, 1.165) is 7.11 Å². The minimum Gasteiger partial charge on any atom is -0.494 e. The van der Waals surface area contributed by atoms with Crippen LogP contribution >= 0.6 is 0 Å². The number of rotatable bonds is 16. The zero-order valence-corrected chi connectivity index (χ0v) is 25.7. The molecule has 3 N–H and O–H groups in total. The van der Waals surface area contributed by atoms with Gasteiger partial charge in [0.05, 0.1) is 42.3 Å². The number of nitriles is 1. The summed E-state index contributed by atoms with van der Waals surface area (Å²) >= 11 is 0. The molecule has 0 amide bonds. The van der Waals surface area contributed by atoms with Gasteiger partial charge in [-0.2, -0.15) is 5.26 Å². The first-order chi connectivity index (χ1) is 21.5. The van der Waals surface area contributed by atoms with E-state index in [1.54, 1.807) is 31.2 Å². The Hall–Kier alpha value is -4.93. The zero-order chi connectivity index (χ0) is 32.9. The number of nitro benzene ring substituents is 1. The number of carbonyl (C=O) groups excluding carboxylic acids is 2. The van der Waals surface area contributed by atoms with Crippen LogP contribution in [0.2, 0.25) is 0 Å². The van der Waals surface area contributed by atoms with E-state index in [4.69, 9.17) is 18.9 Å². The van der Waals surface area contributed by atoms with Gasteiger partial charge >= 0.3 is 11.9 Å². The third kappa shape index (κ3) is 9.79. The number of benzene rings is 2. The van der Waals surface area contributed by atoms with Crippen LogP contribution in [0, 0.1) is 21.4 Å². The molecular formula is C32H38N4O9. The second-order valence-corrected chi connectivity index (χ2v) is 10.5. The first-order valence-electron chi connectivity index (χ1n) is 14.4. The lowest BCUT2D eigenvalue weighted by Gasteiger charge is -2.29. The Morgan fingerprint density at radius 1 is 1.07 bits per heavy atom. The molecule has 0 spiro atoms. The maximum atomic E-state index is 13.3. The summed E-state index contributed by atoms with van der Waals surface area (Å²) in [7, 11) is 1.14. The Bertz CT molecular complexity index is 1460. The van der Waals surface area contributed by atoms with E-state index in [1.807, 2.05) is 19.9 Å². The molecule has 45 heavy (non-hydrogen) atoms. The fourth-order valence-electron chi connectivity index (χ4n) is 4.56. The number of hydrogen-bond acceptors (Lipinski definition) is 12. The summed E-state index contributed by atoms with van der Waals surface area (Å²) in [5.74, 6) is -1.49. The van der Waals surface area contributed by atoms with Crippen molar-refractivity contribution in [3.63, 3.8) is 0 Å². The van der Waals surface area contributed by atoms with Gasteiger partial charge in [0.25, 0.3) is 5.69 Å². The van der Waals surface area contributed by atoms with Gasteiger partial charge in [-0.1, -0.05) is 26.0 Å². The van der Waals surface area contributed by atoms with E-state index in [-0.39, 0.29) is 53.0 Å². The summed E-state index contributed by atoms with van der Waals surface area (Å²) in [6.07, 6.45) is 0.412. The van der Waals surface area contributed by atoms with Gasteiger partial charge in [-0.05, 0) is 49.6 Å². The largest absolute Gasteiger partial charge is 0.494 e. The molecule has 0 bridgehead atoms. The summed E-state index contributed by atoms with van der Waals surface area (Å²) in [6.45, 7) is 6.57. The number of hydrogen-bond donors (Lipinski definition) is 3. The van der Waals surface area contributed by atoms with E-state index in [9.17, 15) is 30.1 Å². The molecule has 1 aliphatic heterocycles. The highest BCUT2D eigenvalue weighted by Gasteiger charge is 2.39. The molecule has 1 aliphatic rings. The molecule has 0 fully saturated rings. The van der Waals surface area contributed by atoms with Crippen molar-refractivity contribution in [2.24, 2.45) is 0 Å². The first kappa shape index (κ1) is 34.6. The van der Waals surface area contributed by atoms with Crippen molar-refractivity contribution in [1.82, 2.24) is 10.6 Å². The van der Waals surface area contributed by atoms with Crippen molar-refractivity contribution in [1.29, 1.82) is 5.26 Å². The number of methoxy groups -OCH3 is 1. The van der Waals surface area contributed by atoms with Crippen LogP contribution in [0.5, 0.6) is 11.5 Å². The molecule has 2 aromatic carbocycles. The Balaban J connectivity index is 1.57. The average Bonchev–Trinajstić information content (AvgIpc) is 3.03. The van der Waals surface area contributed by atoms with E-state index in [0.29, 0.717) is 37.5 Å². The maximum Gasteiger partial charge on any atom is 0.337 e. The van der Waals surface area contributed by atoms with Crippen molar-refractivity contribution in [3.05, 3.63) is 86.7 Å². The summed E-state index contributed by atoms with van der Waals surface area (Å²) < 4.78 is 21.8. The monoisotopic (exact) mass is 622 g/mol. The van der Waals surface area contributed by atoms with Gasteiger partial charge in [0.1, 0.15) is 36.0 Å². The standard InChI is InChI=1S/C32H38N4O9/c1-20(2)34-18-24(37)19-45-26-12-10-25(11-13-26)43-14-5-6-15-44-32(39)28-21(3)35-27(17-33)30(31(38)42-4)29(28)22-8-7-9-23(16-22)36(40)41/h7-13,16,20,24,29,34-35,37H,5-6,14-15,18-19H2,1-4H3. The van der Waals surface area contributed by atoms with E-state index in [1.165, 1.54) is 24.3 Å². The molecule has 2 atom stereocenters. The fourth-order valence-corrected chi connectivity index (χ4v) is 4.56. The third-order valence-electron chi connectivity index (χ3n) is 6.78. The second kappa shape index (κ2) is 16.8. The molecule has 0 radical (unpaired) electrons. The number of nitro groups is 1. The molecule has 0 aromatic heterocycles. The number of non-ortho nitro benzene ring substituents is 1. The fraction of sp³-hybridized carbons (Fsp3) is 0.406. The van der Waals surface area contributed by atoms with Crippen LogP contribution in [0.4, 0.5) is 5.69 Å². The number of nitrogens with one attached hydrogen (secondary N) is 2. The quantitative estimate of drug-likeness (QED) is 0.107. The molecule has 2 aromatic rings. The number of nitrogens with zero attached hydrogens (tertiary/aromatic N) is 2. The molecule has 0 saturated heterocycles. The number of aliphatic hydroxyl groups excluding tert-OH is 1. The summed E-state index contributed by atoms with van der Waals surface area (Å²) in [4.78, 5) is 37.0. The number of esters is 2. The lowest BCUT2D eigenvalue weighted by molar-refractivity contribution is -0.384. The SMILES string of the molecule is COC(=O)C1=C(C#N)NC(C)=C(C(=O)OCCCCOc2ccc(OCC(O)CNC(C)C)cc2)C1c1cccc([N+](=O)[O-])c1. The number of unbranched alkanes of at least 4 members (excludes halogenated alkanes) is 1. The molecule has 0 aliphatic carbocycles. The van der Waals surface area contributed by atoms with Gasteiger partial charge in [-0.25, -0.2) is 9.59 Å². The van der Waals surface area contributed by atoms with Crippen LogP contribution in [0.3, 0.4) is 0 Å². The van der Waals surface area contributed by atoms with E-state index < -0.39 is 28.9 Å². The molecule has 13 nitrogen and oxygen atoms in total. The smallest absolute Gasteiger partial charge is 0.337 e. The van der Waals surface area contributed by atoms with Crippen LogP contribution in [0.1, 0.15) is 45.1 Å². The number of ether oxygens (including phenoxy) is 4. The molecule has 0 saturated carbocycles. The number of dihydropyridines is 1. The number of allylic oxidation sites excluding steroid dienone is 2. The van der Waals surface area contributed by atoms with Gasteiger partial charge < -0.3 is 34.7 Å². The summed E-state index contributed by atoms with van der Waals surface area (Å²) in [5.41, 5.74) is 0.0576. The van der Waals surface area contributed by atoms with Gasteiger partial charge in [0.15, 0.2) is 0 Å². The minimum absolute atomic E-state index is 0.0390. The topological polar surface area (TPSA) is 182 Å². The third-order valence-corrected chi connectivity index (χ3v) is 6.78. The molecule has 240 valence electrons. The Labute approximate surface area is 261 Å². The van der Waals surface area contributed by atoms with Crippen LogP contribution in [0.25, 0.3) is 0 Å². The zero-order valence-electron chi connectivity index (χ0n) is 25.7. The van der Waals surface area contributed by atoms with Crippen molar-refractivity contribution in [3.8, 4) is 17.6 Å². The van der Waals surface area contributed by atoms with Gasteiger partial charge in [-0.15, -0.1) is 0 Å². The Kier molecular flexibility index (Phi) is 12.9. The predicted molar refractivity (Wildman–Crippen MR) is 163 cm³/mol. The Morgan fingerprint density at radius 2 is 1.73 bits per heavy atom. The average molecular weight is 623 g/mol. The maximum absolute atomic E-state index is 13.3. The second-order valence-electron chi connectivity index (χ2n) is 10.5. The number of carbonyl (C=O) groups is 2. The van der Waals surface area contributed by atoms with Crippen LogP contribution in [0.15, 0.2) is 71.1 Å². The molecule has 3 rings (SSSR count). The minimum atomic E-state index is -1.13. The highest BCUT2D eigenvalue weighted by molar-refractivity contribution is 6.00. The molecular weight excluding hydrogens is 584 g/mol. The van der Waals surface area contributed by atoms with Crippen molar-refractivity contribution in [2.45, 2.75) is 51.7 Å². The lowest BCUT2D eigenvalue weighted by Crippen LogP contribution is -2.35. The van der Waals surface area contributed by atoms with Crippen LogP contribution in [-0.4, -0.2) is 67.6 Å². The molecule has 13 heteroatoms. The highest BCUT2D eigenvalue weighted by Crippen LogP contribution is 2.40. The Morgan fingerprint density at radius 3 is 2.36 bits per heavy atom. The van der Waals surface area contributed by atoms with Crippen molar-refractivity contribution < 1.29 is 38.6 Å². The van der Waals surface area contributed by atoms with Gasteiger partial charge in [0.2, 0.25) is 0 Å². The first-order valence-corrected chi connectivity index (χ1v) is 14.4.